The molecule has 1 aliphatic carbocycles. The first-order valence-electron chi connectivity index (χ1n) is 7.97. The minimum absolute atomic E-state index is 0.00532. The first kappa shape index (κ1) is 15.2. The van der Waals surface area contributed by atoms with Crippen LogP contribution in [0.25, 0.3) is 0 Å². The van der Waals surface area contributed by atoms with Crippen molar-refractivity contribution in [2.24, 2.45) is 5.73 Å². The molecule has 4 nitrogen and oxygen atoms in total. The Hall–Kier alpha value is -0.750. The molecule has 0 spiro atoms. The number of hydrogen-bond donors (Lipinski definition) is 1. The molecule has 0 saturated carbocycles. The van der Waals surface area contributed by atoms with Crippen LogP contribution >= 0.6 is 0 Å². The van der Waals surface area contributed by atoms with E-state index in [0.29, 0.717) is 31.8 Å². The molecule has 3 rings (SSSR count). The van der Waals surface area contributed by atoms with E-state index in [1.165, 1.54) is 12.8 Å². The molecule has 2 bridgehead atoms. The van der Waals surface area contributed by atoms with Gasteiger partial charge in [0.1, 0.15) is 12.6 Å². The van der Waals surface area contributed by atoms with Gasteiger partial charge in [-0.3, -0.25) is 4.90 Å². The van der Waals surface area contributed by atoms with Gasteiger partial charge in [-0.25, -0.2) is 4.39 Å². The van der Waals surface area contributed by atoms with Crippen molar-refractivity contribution in [2.45, 2.75) is 56.7 Å². The van der Waals surface area contributed by atoms with Crippen LogP contribution < -0.4 is 5.73 Å². The monoisotopic (exact) mass is 296 g/mol. The van der Waals surface area contributed by atoms with Gasteiger partial charge in [-0.05, 0) is 32.1 Å². The zero-order valence-corrected chi connectivity index (χ0v) is 12.5. The number of fused-ring (bicyclic) bond motifs is 2. The Balaban J connectivity index is 1.50. The number of ether oxygens (including phenoxy) is 2. The van der Waals surface area contributed by atoms with E-state index in [4.69, 9.17) is 15.2 Å². The highest BCUT2D eigenvalue weighted by atomic mass is 19.1. The van der Waals surface area contributed by atoms with E-state index in [1.54, 1.807) is 0 Å². The minimum atomic E-state index is -0.00532. The number of rotatable bonds is 6. The highest BCUT2D eigenvalue weighted by Gasteiger charge is 2.41. The van der Waals surface area contributed by atoms with E-state index < -0.39 is 0 Å². The standard InChI is InChI=1S/C16H25FN2O2/c17-16-4-2-1-3-12(16)9-21-15-7-13-5-6-14(8-15)19(13)11-20-10-18/h1,3,13-15H,2,4-11,18H2/t13-,14+,15?. The van der Waals surface area contributed by atoms with Crippen molar-refractivity contribution in [1.29, 1.82) is 0 Å². The Morgan fingerprint density at radius 1 is 1.29 bits per heavy atom. The van der Waals surface area contributed by atoms with Crippen molar-refractivity contribution in [3.05, 3.63) is 23.6 Å². The first-order valence-corrected chi connectivity index (χ1v) is 7.97. The van der Waals surface area contributed by atoms with Gasteiger partial charge in [-0.2, -0.15) is 0 Å². The molecule has 2 aliphatic heterocycles. The molecular formula is C16H25FN2O2. The molecule has 0 amide bonds. The van der Waals surface area contributed by atoms with Crippen LogP contribution in [-0.2, 0) is 9.47 Å². The number of allylic oxidation sites excluding steroid dienone is 2. The summed E-state index contributed by atoms with van der Waals surface area (Å²) >= 11 is 0. The van der Waals surface area contributed by atoms with Crippen LogP contribution in [0.1, 0.15) is 38.5 Å². The molecule has 118 valence electrons. The van der Waals surface area contributed by atoms with Crippen LogP contribution in [0, 0.1) is 0 Å². The fourth-order valence-corrected chi connectivity index (χ4v) is 3.75. The summed E-state index contributed by atoms with van der Waals surface area (Å²) in [5, 5.41) is 0. The molecule has 21 heavy (non-hydrogen) atoms. The third-order valence-electron chi connectivity index (χ3n) is 4.87. The molecule has 2 N–H and O–H groups in total. The highest BCUT2D eigenvalue weighted by molar-refractivity contribution is 5.26. The van der Waals surface area contributed by atoms with E-state index in [9.17, 15) is 4.39 Å². The maximum absolute atomic E-state index is 13.7. The summed E-state index contributed by atoms with van der Waals surface area (Å²) in [5.74, 6) is -0.00532. The van der Waals surface area contributed by atoms with Gasteiger partial charge in [0.15, 0.2) is 0 Å². The third kappa shape index (κ3) is 3.54. The molecule has 0 aromatic carbocycles. The predicted octanol–water partition coefficient (Wildman–Crippen LogP) is 2.46. The van der Waals surface area contributed by atoms with Crippen LogP contribution in [0.4, 0.5) is 4.39 Å². The molecule has 1 unspecified atom stereocenters. The lowest BCUT2D eigenvalue weighted by Crippen LogP contribution is -2.46. The van der Waals surface area contributed by atoms with E-state index in [0.717, 1.165) is 24.8 Å². The molecule has 0 aromatic heterocycles. The molecule has 2 fully saturated rings. The molecule has 3 aliphatic rings. The summed E-state index contributed by atoms with van der Waals surface area (Å²) in [7, 11) is 0. The molecular weight excluding hydrogens is 271 g/mol. The molecule has 2 heterocycles. The van der Waals surface area contributed by atoms with Crippen LogP contribution in [0.3, 0.4) is 0 Å². The Morgan fingerprint density at radius 3 is 2.71 bits per heavy atom. The maximum atomic E-state index is 13.7. The number of hydrogen-bond acceptors (Lipinski definition) is 4. The van der Waals surface area contributed by atoms with Gasteiger partial charge in [0.05, 0.1) is 19.4 Å². The van der Waals surface area contributed by atoms with E-state index in [-0.39, 0.29) is 18.7 Å². The van der Waals surface area contributed by atoms with E-state index >= 15 is 0 Å². The number of nitrogens with zero attached hydrogens (tertiary/aromatic N) is 1. The quantitative estimate of drug-likeness (QED) is 0.765. The normalized spacial score (nSPS) is 33.0. The third-order valence-corrected chi connectivity index (χ3v) is 4.87. The van der Waals surface area contributed by atoms with Gasteiger partial charge in [0.25, 0.3) is 0 Å². The van der Waals surface area contributed by atoms with Crippen molar-refractivity contribution in [2.75, 3.05) is 20.1 Å². The maximum Gasteiger partial charge on any atom is 0.106 e. The SMILES string of the molecule is NCOCN1[C@@H]2CC[C@H]1CC(OCC1=C(F)CCC=C1)C2. The Morgan fingerprint density at radius 2 is 2.05 bits per heavy atom. The van der Waals surface area contributed by atoms with Crippen LogP contribution in [0.2, 0.25) is 0 Å². The van der Waals surface area contributed by atoms with Crippen LogP contribution in [-0.4, -0.2) is 43.2 Å². The second kappa shape index (κ2) is 7.01. The van der Waals surface area contributed by atoms with Crippen molar-refractivity contribution in [3.8, 4) is 0 Å². The lowest BCUT2D eigenvalue weighted by atomic mass is 10.00. The largest absolute Gasteiger partial charge is 0.373 e. The summed E-state index contributed by atoms with van der Waals surface area (Å²) in [4.78, 5) is 2.41. The topological polar surface area (TPSA) is 47.7 Å². The van der Waals surface area contributed by atoms with E-state index in [2.05, 4.69) is 4.90 Å². The zero-order valence-electron chi connectivity index (χ0n) is 12.5. The number of halogens is 1. The van der Waals surface area contributed by atoms with Crippen molar-refractivity contribution in [1.82, 2.24) is 4.90 Å². The smallest absolute Gasteiger partial charge is 0.106 e. The van der Waals surface area contributed by atoms with Crippen molar-refractivity contribution < 1.29 is 13.9 Å². The zero-order chi connectivity index (χ0) is 14.7. The average Bonchev–Trinajstić information content (AvgIpc) is 2.73. The van der Waals surface area contributed by atoms with Crippen molar-refractivity contribution in [3.63, 3.8) is 0 Å². The van der Waals surface area contributed by atoms with Crippen LogP contribution in [0.15, 0.2) is 23.6 Å². The van der Waals surface area contributed by atoms with Gasteiger partial charge in [-0.15, -0.1) is 0 Å². The van der Waals surface area contributed by atoms with Gasteiger partial charge >= 0.3 is 0 Å². The predicted molar refractivity (Wildman–Crippen MR) is 79.1 cm³/mol. The van der Waals surface area contributed by atoms with Gasteiger partial charge in [0.2, 0.25) is 0 Å². The summed E-state index contributed by atoms with van der Waals surface area (Å²) in [6.07, 6.45) is 9.91. The molecule has 5 heteroatoms. The second-order valence-electron chi connectivity index (χ2n) is 6.17. The minimum Gasteiger partial charge on any atom is -0.373 e. The van der Waals surface area contributed by atoms with Gasteiger partial charge in [-0.1, -0.05) is 12.2 Å². The highest BCUT2D eigenvalue weighted by Crippen LogP contribution is 2.37. The summed E-state index contributed by atoms with van der Waals surface area (Å²) in [5.41, 5.74) is 6.13. The van der Waals surface area contributed by atoms with Gasteiger partial charge in [0, 0.05) is 24.1 Å². The lowest BCUT2D eigenvalue weighted by Gasteiger charge is -2.38. The molecule has 2 saturated heterocycles. The lowest BCUT2D eigenvalue weighted by molar-refractivity contribution is -0.0590. The second-order valence-corrected chi connectivity index (χ2v) is 6.17. The molecule has 3 atom stereocenters. The van der Waals surface area contributed by atoms with E-state index in [1.807, 2.05) is 12.2 Å². The molecule has 0 radical (unpaired) electrons. The Kier molecular flexibility index (Phi) is 5.06. The summed E-state index contributed by atoms with van der Waals surface area (Å²) < 4.78 is 25.0. The summed E-state index contributed by atoms with van der Waals surface area (Å²) in [6, 6.07) is 1.06. The fraction of sp³-hybridized carbons (Fsp3) is 0.750. The Labute approximate surface area is 125 Å². The van der Waals surface area contributed by atoms with Crippen molar-refractivity contribution >= 4 is 0 Å². The average molecular weight is 296 g/mol. The Bertz CT molecular complexity index is 411. The van der Waals surface area contributed by atoms with Crippen LogP contribution in [0.5, 0.6) is 0 Å². The number of nitrogens with two attached hydrogens (primary N) is 1. The number of piperidine rings is 1. The molecule has 0 aromatic rings. The summed E-state index contributed by atoms with van der Waals surface area (Å²) in [6.45, 7) is 1.31. The first-order chi connectivity index (χ1) is 10.3. The van der Waals surface area contributed by atoms with Gasteiger partial charge < -0.3 is 15.2 Å². The fourth-order valence-electron chi connectivity index (χ4n) is 3.75.